The van der Waals surface area contributed by atoms with E-state index in [1.54, 1.807) is 0 Å². The highest BCUT2D eigenvalue weighted by Crippen LogP contribution is 2.21. The van der Waals surface area contributed by atoms with Crippen molar-refractivity contribution in [2.24, 2.45) is 5.92 Å². The average Bonchev–Trinajstić information content (AvgIpc) is 3.19. The number of alkyl carbamates (subject to hydrolysis) is 1. The minimum Gasteiger partial charge on any atom is -0.466 e. The van der Waals surface area contributed by atoms with Gasteiger partial charge in [0.15, 0.2) is 0 Å². The van der Waals surface area contributed by atoms with Crippen LogP contribution in [-0.2, 0) is 23.8 Å². The maximum Gasteiger partial charge on any atom is 0.407 e. The summed E-state index contributed by atoms with van der Waals surface area (Å²) >= 11 is 0. The first-order valence-electron chi connectivity index (χ1n) is 24.4. The monoisotopic (exact) mass is 810 g/mol. The van der Waals surface area contributed by atoms with Crippen LogP contribution in [0.5, 0.6) is 0 Å². The van der Waals surface area contributed by atoms with Gasteiger partial charge < -0.3 is 24.4 Å². The Morgan fingerprint density at radius 3 is 1.44 bits per heavy atom. The normalized spacial score (nSPS) is 12.0. The quantitative estimate of drug-likeness (QED) is 0.0369. The first kappa shape index (κ1) is 55.1. The summed E-state index contributed by atoms with van der Waals surface area (Å²) in [7, 11) is 3.98. The summed E-state index contributed by atoms with van der Waals surface area (Å²) in [4.78, 5) is 41.5. The second-order valence-corrected chi connectivity index (χ2v) is 17.0. The number of rotatable bonds is 44. The van der Waals surface area contributed by atoms with Crippen molar-refractivity contribution in [1.82, 2.24) is 15.1 Å². The maximum absolute atomic E-state index is 13.0. The fraction of sp³-hybridized carbons (Fsp3) is 0.938. The molecule has 0 aromatic rings. The van der Waals surface area contributed by atoms with Gasteiger partial charge in [0.2, 0.25) is 0 Å². The molecule has 0 heterocycles. The number of ether oxygens (including phenoxy) is 3. The van der Waals surface area contributed by atoms with Crippen molar-refractivity contribution in [2.75, 3.05) is 66.6 Å². The van der Waals surface area contributed by atoms with Gasteiger partial charge >= 0.3 is 18.0 Å². The Hall–Kier alpha value is -1.87. The Balaban J connectivity index is 4.32. The molecule has 0 saturated heterocycles. The topological polar surface area (TPSA) is 97.4 Å². The molecule has 0 aliphatic rings. The Labute approximate surface area is 353 Å². The van der Waals surface area contributed by atoms with E-state index in [0.29, 0.717) is 32.8 Å². The number of carbonyl (C=O) groups is 3. The predicted octanol–water partition coefficient (Wildman–Crippen LogP) is 12.4. The zero-order valence-electron chi connectivity index (χ0n) is 38.5. The molecule has 338 valence electrons. The van der Waals surface area contributed by atoms with Crippen molar-refractivity contribution in [3.63, 3.8) is 0 Å². The smallest absolute Gasteiger partial charge is 0.407 e. The fourth-order valence-electron chi connectivity index (χ4n) is 7.29. The molecule has 1 amide bonds. The average molecular weight is 810 g/mol. The molecule has 0 rings (SSSR count). The number of esters is 2. The van der Waals surface area contributed by atoms with Gasteiger partial charge in [0, 0.05) is 26.1 Å². The Bertz CT molecular complexity index is 888. The number of amides is 1. The molecule has 0 fully saturated rings. The Morgan fingerprint density at radius 2 is 0.895 bits per heavy atom. The van der Waals surface area contributed by atoms with Crippen LogP contribution < -0.4 is 5.32 Å². The van der Waals surface area contributed by atoms with Gasteiger partial charge in [-0.1, -0.05) is 168 Å². The molecule has 0 aliphatic heterocycles. The largest absolute Gasteiger partial charge is 0.466 e. The highest BCUT2D eigenvalue weighted by Gasteiger charge is 2.19. The highest BCUT2D eigenvalue weighted by atomic mass is 16.5. The van der Waals surface area contributed by atoms with Crippen molar-refractivity contribution in [3.8, 4) is 0 Å². The summed E-state index contributed by atoms with van der Waals surface area (Å²) < 4.78 is 16.7. The molecule has 1 N–H and O–H groups in total. The maximum atomic E-state index is 13.0. The van der Waals surface area contributed by atoms with E-state index >= 15 is 0 Å². The van der Waals surface area contributed by atoms with Crippen LogP contribution >= 0.6 is 0 Å². The lowest BCUT2D eigenvalue weighted by Gasteiger charge is -2.22. The van der Waals surface area contributed by atoms with Gasteiger partial charge in [0.25, 0.3) is 0 Å². The van der Waals surface area contributed by atoms with Crippen LogP contribution in [0.15, 0.2) is 0 Å². The van der Waals surface area contributed by atoms with Gasteiger partial charge in [-0.3, -0.25) is 14.5 Å². The van der Waals surface area contributed by atoms with E-state index in [-0.39, 0.29) is 23.9 Å². The van der Waals surface area contributed by atoms with Crippen LogP contribution in [-0.4, -0.2) is 94.5 Å². The van der Waals surface area contributed by atoms with Gasteiger partial charge in [-0.15, -0.1) is 0 Å². The number of hydrogen-bond acceptors (Lipinski definition) is 8. The van der Waals surface area contributed by atoms with E-state index in [2.05, 4.69) is 31.0 Å². The van der Waals surface area contributed by atoms with Crippen LogP contribution in [0, 0.1) is 5.92 Å². The summed E-state index contributed by atoms with van der Waals surface area (Å²) in [6, 6.07) is 0. The van der Waals surface area contributed by atoms with Crippen molar-refractivity contribution < 1.29 is 28.6 Å². The van der Waals surface area contributed by atoms with Gasteiger partial charge in [0.1, 0.15) is 6.61 Å². The first-order valence-corrected chi connectivity index (χ1v) is 24.4. The van der Waals surface area contributed by atoms with Gasteiger partial charge in [-0.2, -0.15) is 0 Å². The minimum absolute atomic E-state index is 0.0312. The molecular formula is C48H95N3O6. The molecule has 1 unspecified atom stereocenters. The van der Waals surface area contributed by atoms with E-state index in [9.17, 15) is 14.4 Å². The predicted molar refractivity (Wildman–Crippen MR) is 240 cm³/mol. The van der Waals surface area contributed by atoms with E-state index in [1.165, 1.54) is 116 Å². The standard InChI is InChI=1S/C48H95N3O6/c1-6-9-12-15-22-28-35-45(34-27-13-10-7-2)47(53)56-43-33-26-21-20-25-31-39-51(41-44-57-48(54)49-37-40-50(4)5)38-30-24-19-17-16-18-23-29-36-46(52)55-42-32-14-11-8-3/h45H,6-44H2,1-5H3,(H,49,54). The van der Waals surface area contributed by atoms with Crippen LogP contribution in [0.3, 0.4) is 0 Å². The van der Waals surface area contributed by atoms with Crippen LogP contribution in [0.2, 0.25) is 0 Å². The van der Waals surface area contributed by atoms with Crippen molar-refractivity contribution in [3.05, 3.63) is 0 Å². The highest BCUT2D eigenvalue weighted by molar-refractivity contribution is 5.72. The number of nitrogens with zero attached hydrogens (tertiary/aromatic N) is 2. The molecule has 0 radical (unpaired) electrons. The molecule has 0 aliphatic carbocycles. The summed E-state index contributed by atoms with van der Waals surface area (Å²) in [5, 5.41) is 2.84. The van der Waals surface area contributed by atoms with Crippen LogP contribution in [0.25, 0.3) is 0 Å². The summed E-state index contributed by atoms with van der Waals surface area (Å²) in [6.07, 6.45) is 35.3. The third-order valence-corrected chi connectivity index (χ3v) is 11.1. The molecular weight excluding hydrogens is 715 g/mol. The molecule has 0 aromatic heterocycles. The molecule has 1 atom stereocenters. The van der Waals surface area contributed by atoms with Crippen LogP contribution in [0.1, 0.15) is 220 Å². The van der Waals surface area contributed by atoms with Gasteiger partial charge in [-0.25, -0.2) is 4.79 Å². The SMILES string of the molecule is CCCCCCCCC(CCCCCC)C(=O)OCCCCCCCCN(CCCCCCCCCCC(=O)OCCCCCC)CCOC(=O)NCCN(C)C. The van der Waals surface area contributed by atoms with E-state index < -0.39 is 0 Å². The van der Waals surface area contributed by atoms with E-state index in [4.69, 9.17) is 14.2 Å². The molecule has 0 spiro atoms. The molecule has 9 nitrogen and oxygen atoms in total. The minimum atomic E-state index is -0.331. The van der Waals surface area contributed by atoms with Crippen LogP contribution in [0.4, 0.5) is 4.79 Å². The zero-order valence-corrected chi connectivity index (χ0v) is 38.5. The molecule has 57 heavy (non-hydrogen) atoms. The van der Waals surface area contributed by atoms with Gasteiger partial charge in [0.05, 0.1) is 19.1 Å². The van der Waals surface area contributed by atoms with Crippen molar-refractivity contribution in [1.29, 1.82) is 0 Å². The Morgan fingerprint density at radius 1 is 0.456 bits per heavy atom. The first-order chi connectivity index (χ1) is 27.8. The fourth-order valence-corrected chi connectivity index (χ4v) is 7.29. The van der Waals surface area contributed by atoms with Crippen molar-refractivity contribution in [2.45, 2.75) is 220 Å². The number of nitrogens with one attached hydrogen (secondary N) is 1. The van der Waals surface area contributed by atoms with Crippen molar-refractivity contribution >= 4 is 18.0 Å². The number of carbonyl (C=O) groups excluding carboxylic acids is 3. The summed E-state index contributed by atoms with van der Waals surface area (Å²) in [6.45, 7) is 12.5. The molecule has 0 aromatic carbocycles. The third kappa shape index (κ3) is 40.7. The Kier molecular flexibility index (Phi) is 42.3. The number of hydrogen-bond donors (Lipinski definition) is 1. The second-order valence-electron chi connectivity index (χ2n) is 17.0. The lowest BCUT2D eigenvalue weighted by molar-refractivity contribution is -0.149. The summed E-state index contributed by atoms with van der Waals surface area (Å²) in [5.41, 5.74) is 0. The number of unbranched alkanes of at least 4 members (excludes halogenated alkanes) is 23. The van der Waals surface area contributed by atoms with E-state index in [0.717, 1.165) is 103 Å². The summed E-state index contributed by atoms with van der Waals surface area (Å²) in [5.74, 6) is 0.105. The number of likely N-dealkylation sites (N-methyl/N-ethyl adjacent to an activating group) is 1. The van der Waals surface area contributed by atoms with E-state index in [1.807, 2.05) is 19.0 Å². The third-order valence-electron chi connectivity index (χ3n) is 11.1. The lowest BCUT2D eigenvalue weighted by Crippen LogP contribution is -2.35. The molecule has 0 saturated carbocycles. The molecule has 0 bridgehead atoms. The molecule has 9 heteroatoms. The zero-order chi connectivity index (χ0) is 41.9. The van der Waals surface area contributed by atoms with Gasteiger partial charge in [-0.05, 0) is 72.1 Å². The second kappa shape index (κ2) is 43.7. The lowest BCUT2D eigenvalue weighted by atomic mass is 9.94.